The lowest BCUT2D eigenvalue weighted by Gasteiger charge is -2.20. The highest BCUT2D eigenvalue weighted by Crippen LogP contribution is 2.39. The number of nitrogens with zero attached hydrogens (tertiary/aromatic N) is 3. The van der Waals surface area contributed by atoms with E-state index in [1.54, 1.807) is 10.6 Å². The van der Waals surface area contributed by atoms with Crippen molar-refractivity contribution in [3.05, 3.63) is 53.5 Å². The van der Waals surface area contributed by atoms with Gasteiger partial charge in [-0.1, -0.05) is 32.9 Å². The van der Waals surface area contributed by atoms with Gasteiger partial charge in [-0.05, 0) is 36.0 Å². The summed E-state index contributed by atoms with van der Waals surface area (Å²) in [6.45, 7) is 6.24. The summed E-state index contributed by atoms with van der Waals surface area (Å²) >= 11 is 0. The lowest BCUT2D eigenvalue weighted by atomic mass is 9.96. The van der Waals surface area contributed by atoms with Crippen molar-refractivity contribution >= 4 is 20.9 Å². The second kappa shape index (κ2) is 9.48. The van der Waals surface area contributed by atoms with E-state index in [0.717, 1.165) is 12.3 Å². The minimum Gasteiger partial charge on any atom is -0.347 e. The monoisotopic (exact) mass is 522 g/mol. The van der Waals surface area contributed by atoms with Gasteiger partial charge in [0.2, 0.25) is 10.0 Å². The van der Waals surface area contributed by atoms with Gasteiger partial charge in [-0.25, -0.2) is 35.7 Å². The molecule has 1 saturated carbocycles. The van der Waals surface area contributed by atoms with Crippen molar-refractivity contribution in [2.24, 2.45) is 5.41 Å². The van der Waals surface area contributed by atoms with Gasteiger partial charge >= 0.3 is 0 Å². The number of alkyl halides is 4. The van der Waals surface area contributed by atoms with E-state index in [2.05, 4.69) is 9.71 Å². The van der Waals surface area contributed by atoms with E-state index in [9.17, 15) is 31.2 Å². The van der Waals surface area contributed by atoms with E-state index in [1.165, 1.54) is 18.3 Å². The van der Waals surface area contributed by atoms with Gasteiger partial charge in [0, 0.05) is 46.5 Å². The van der Waals surface area contributed by atoms with Crippen molar-refractivity contribution in [1.29, 1.82) is 5.26 Å². The molecule has 0 unspecified atom stereocenters. The van der Waals surface area contributed by atoms with Crippen LogP contribution in [0, 0.1) is 16.7 Å². The zero-order chi connectivity index (χ0) is 26.4. The Morgan fingerprint density at radius 2 is 1.86 bits per heavy atom. The van der Waals surface area contributed by atoms with Crippen LogP contribution in [0.15, 0.2) is 36.7 Å². The Balaban J connectivity index is 1.92. The highest BCUT2D eigenvalue weighted by atomic mass is 32.2. The number of aromatic nitrogens is 2. The number of nitrogens with one attached hydrogen (secondary N) is 1. The summed E-state index contributed by atoms with van der Waals surface area (Å²) in [6.07, 6.45) is -2.38. The molecule has 0 saturated heterocycles. The van der Waals surface area contributed by atoms with Crippen LogP contribution in [0.5, 0.6) is 0 Å². The molecule has 0 spiro atoms. The zero-order valence-corrected chi connectivity index (χ0v) is 20.8. The SMILES string of the molecule is CC(C)(C)Cn1cc([C@H](NS(=O)(=O)C2CC2)C(F)F)c2ccc(-c3c(C(F)F)ccnc3C#N)cc21. The minimum atomic E-state index is -3.92. The largest absolute Gasteiger partial charge is 0.347 e. The van der Waals surface area contributed by atoms with E-state index >= 15 is 0 Å². The molecule has 2 aromatic heterocycles. The molecule has 1 N–H and O–H groups in total. The van der Waals surface area contributed by atoms with Gasteiger partial charge in [-0.3, -0.25) is 0 Å². The van der Waals surface area contributed by atoms with Gasteiger partial charge in [-0.15, -0.1) is 0 Å². The zero-order valence-electron chi connectivity index (χ0n) is 20.0. The predicted octanol–water partition coefficient (Wildman–Crippen LogP) is 5.95. The summed E-state index contributed by atoms with van der Waals surface area (Å²) in [7, 11) is -3.92. The molecule has 6 nitrogen and oxygen atoms in total. The minimum absolute atomic E-state index is 0.0261. The maximum atomic E-state index is 14.2. The van der Waals surface area contributed by atoms with E-state index < -0.39 is 34.2 Å². The standard InChI is InChI=1S/C25H26F4N4O2S/c1-25(2,3)13-33-12-18(22(24(28)29)32-36(34,35)15-5-6-15)16-7-4-14(10-20(16)33)21-17(23(26)27)8-9-31-19(21)11-30/h4,7-10,12,15,22-24,32H,5-6,13H2,1-3H3/t22-/m0/s1. The molecule has 1 atom stereocenters. The summed E-state index contributed by atoms with van der Waals surface area (Å²) in [4.78, 5) is 3.92. The Kier molecular flexibility index (Phi) is 6.88. The molecule has 1 aliphatic carbocycles. The molecule has 36 heavy (non-hydrogen) atoms. The highest BCUT2D eigenvalue weighted by molar-refractivity contribution is 7.90. The van der Waals surface area contributed by atoms with Crippen molar-refractivity contribution in [1.82, 2.24) is 14.3 Å². The van der Waals surface area contributed by atoms with Crippen LogP contribution in [0.4, 0.5) is 17.6 Å². The van der Waals surface area contributed by atoms with E-state index in [-0.39, 0.29) is 33.4 Å². The normalized spacial score (nSPS) is 15.6. The molecule has 192 valence electrons. The molecular weight excluding hydrogens is 496 g/mol. The summed E-state index contributed by atoms with van der Waals surface area (Å²) in [5.41, 5.74) is -0.00632. The van der Waals surface area contributed by atoms with Crippen LogP contribution in [0.25, 0.3) is 22.0 Å². The van der Waals surface area contributed by atoms with Crippen molar-refractivity contribution in [2.45, 2.75) is 64.3 Å². The average Bonchev–Trinajstić information content (AvgIpc) is 3.60. The molecule has 3 aromatic rings. The molecule has 11 heteroatoms. The van der Waals surface area contributed by atoms with Crippen LogP contribution >= 0.6 is 0 Å². The first kappa shape index (κ1) is 26.1. The Morgan fingerprint density at radius 3 is 2.42 bits per heavy atom. The van der Waals surface area contributed by atoms with Crippen molar-refractivity contribution in [3.63, 3.8) is 0 Å². The highest BCUT2D eigenvalue weighted by Gasteiger charge is 2.40. The smallest absolute Gasteiger partial charge is 0.264 e. The van der Waals surface area contributed by atoms with Crippen molar-refractivity contribution < 1.29 is 26.0 Å². The van der Waals surface area contributed by atoms with Gasteiger partial charge in [0.05, 0.1) is 5.25 Å². The number of nitriles is 1. The molecule has 2 heterocycles. The molecule has 1 fully saturated rings. The molecule has 0 aliphatic heterocycles. The first-order chi connectivity index (χ1) is 16.8. The van der Waals surface area contributed by atoms with Gasteiger partial charge in [0.15, 0.2) is 0 Å². The van der Waals surface area contributed by atoms with Crippen LogP contribution in [0.2, 0.25) is 0 Å². The van der Waals surface area contributed by atoms with Gasteiger partial charge in [0.1, 0.15) is 17.8 Å². The molecular formula is C25H26F4N4O2S. The van der Waals surface area contributed by atoms with Crippen LogP contribution in [-0.2, 0) is 16.6 Å². The van der Waals surface area contributed by atoms with Crippen molar-refractivity contribution in [2.75, 3.05) is 0 Å². The summed E-state index contributed by atoms with van der Waals surface area (Å²) in [5, 5.41) is 9.19. The number of rotatable bonds is 8. The molecule has 0 radical (unpaired) electrons. The second-order valence-corrected chi connectivity index (χ2v) is 12.2. The third-order valence-electron chi connectivity index (χ3n) is 6.01. The number of hydrogen-bond donors (Lipinski definition) is 1. The Morgan fingerprint density at radius 1 is 1.17 bits per heavy atom. The summed E-state index contributed by atoms with van der Waals surface area (Å²) in [5.74, 6) is 0. The Labute approximate surface area is 207 Å². The van der Waals surface area contributed by atoms with Crippen LogP contribution < -0.4 is 4.72 Å². The number of sulfonamides is 1. The van der Waals surface area contributed by atoms with E-state index in [1.807, 2.05) is 26.8 Å². The maximum Gasteiger partial charge on any atom is 0.264 e. The van der Waals surface area contributed by atoms with E-state index in [4.69, 9.17) is 0 Å². The van der Waals surface area contributed by atoms with Crippen molar-refractivity contribution in [3.8, 4) is 17.2 Å². The van der Waals surface area contributed by atoms with Gasteiger partial charge in [-0.2, -0.15) is 5.26 Å². The Hall–Kier alpha value is -2.97. The topological polar surface area (TPSA) is 87.8 Å². The third-order valence-corrected chi connectivity index (χ3v) is 7.94. The number of fused-ring (bicyclic) bond motifs is 1. The molecule has 1 aliphatic rings. The fraction of sp³-hybridized carbons (Fsp3) is 0.440. The molecule has 1 aromatic carbocycles. The summed E-state index contributed by atoms with van der Waals surface area (Å²) in [6, 6.07) is 5.75. The number of benzene rings is 1. The quantitative estimate of drug-likeness (QED) is 0.371. The number of pyridine rings is 1. The number of halogens is 4. The van der Waals surface area contributed by atoms with Gasteiger partial charge in [0.25, 0.3) is 12.9 Å². The van der Waals surface area contributed by atoms with Crippen LogP contribution in [-0.4, -0.2) is 29.6 Å². The average molecular weight is 523 g/mol. The third kappa shape index (κ3) is 5.25. The lowest BCUT2D eigenvalue weighted by Crippen LogP contribution is -2.35. The molecule has 4 rings (SSSR count). The first-order valence-corrected chi connectivity index (χ1v) is 13.0. The number of hydrogen-bond acceptors (Lipinski definition) is 4. The van der Waals surface area contributed by atoms with Gasteiger partial charge < -0.3 is 4.57 Å². The summed E-state index contributed by atoms with van der Waals surface area (Å²) < 4.78 is 84.9. The van der Waals surface area contributed by atoms with Crippen LogP contribution in [0.1, 0.15) is 62.9 Å². The second-order valence-electron chi connectivity index (χ2n) is 10.2. The Bertz CT molecular complexity index is 1430. The van der Waals surface area contributed by atoms with E-state index in [0.29, 0.717) is 30.3 Å². The maximum absolute atomic E-state index is 14.2. The molecule has 0 bridgehead atoms. The lowest BCUT2D eigenvalue weighted by molar-refractivity contribution is 0.109. The fourth-order valence-corrected chi connectivity index (χ4v) is 5.85. The van der Waals surface area contributed by atoms with Crippen LogP contribution in [0.3, 0.4) is 0 Å². The first-order valence-electron chi connectivity index (χ1n) is 11.4. The molecule has 0 amide bonds. The fourth-order valence-electron chi connectivity index (χ4n) is 4.31. The predicted molar refractivity (Wildman–Crippen MR) is 128 cm³/mol.